The van der Waals surface area contributed by atoms with Gasteiger partial charge in [0.1, 0.15) is 5.76 Å². The molecular formula is C13H17NO2. The second kappa shape index (κ2) is 5.98. The first-order valence-electron chi connectivity index (χ1n) is 5.18. The molecule has 2 N–H and O–H groups in total. The van der Waals surface area contributed by atoms with Crippen molar-refractivity contribution in [2.75, 3.05) is 5.48 Å². The lowest BCUT2D eigenvalue weighted by atomic mass is 10.1. The molecule has 0 aliphatic carbocycles. The first-order chi connectivity index (χ1) is 7.69. The maximum atomic E-state index is 9.01. The molecule has 1 aromatic rings. The minimum atomic E-state index is 0.0675. The van der Waals surface area contributed by atoms with E-state index in [1.165, 1.54) is 0 Å². The zero-order valence-electron chi connectivity index (χ0n) is 9.60. The molecule has 1 aromatic carbocycles. The third-order valence-electron chi connectivity index (χ3n) is 1.94. The standard InChI is InChI=1S/C13H17NO2/c1-4-7-13(16-10(2)3)11-8-5-6-9-12(11)14-15/h4-10,14-15H,1H2,2-3H3/b13-7-. The summed E-state index contributed by atoms with van der Waals surface area (Å²) in [6, 6.07) is 7.37. The van der Waals surface area contributed by atoms with Crippen molar-refractivity contribution in [1.29, 1.82) is 0 Å². The molecule has 0 spiro atoms. The Hall–Kier alpha value is -1.74. The maximum Gasteiger partial charge on any atom is 0.129 e. The minimum Gasteiger partial charge on any atom is -0.490 e. The third-order valence-corrected chi connectivity index (χ3v) is 1.94. The molecule has 0 amide bonds. The maximum absolute atomic E-state index is 9.01. The van der Waals surface area contributed by atoms with Gasteiger partial charge in [0.25, 0.3) is 0 Å². The summed E-state index contributed by atoms with van der Waals surface area (Å²) in [5.74, 6) is 0.683. The van der Waals surface area contributed by atoms with Gasteiger partial charge in [-0.3, -0.25) is 10.7 Å². The predicted molar refractivity (Wildman–Crippen MR) is 66.2 cm³/mol. The zero-order valence-corrected chi connectivity index (χ0v) is 9.60. The first kappa shape index (κ1) is 12.3. The Labute approximate surface area is 96.0 Å². The van der Waals surface area contributed by atoms with Crippen LogP contribution >= 0.6 is 0 Å². The van der Waals surface area contributed by atoms with E-state index in [0.29, 0.717) is 11.4 Å². The molecule has 0 aromatic heterocycles. The third kappa shape index (κ3) is 3.14. The van der Waals surface area contributed by atoms with Crippen LogP contribution in [0.1, 0.15) is 19.4 Å². The van der Waals surface area contributed by atoms with Gasteiger partial charge in [0.15, 0.2) is 0 Å². The highest BCUT2D eigenvalue weighted by Crippen LogP contribution is 2.25. The number of allylic oxidation sites excluding steroid dienone is 2. The number of nitrogens with one attached hydrogen (secondary N) is 1. The molecule has 0 aliphatic rings. The smallest absolute Gasteiger partial charge is 0.129 e. The fraction of sp³-hybridized carbons (Fsp3) is 0.231. The van der Waals surface area contributed by atoms with Gasteiger partial charge in [0, 0.05) is 5.56 Å². The molecule has 0 atom stereocenters. The molecule has 3 nitrogen and oxygen atoms in total. The van der Waals surface area contributed by atoms with Crippen molar-refractivity contribution in [2.24, 2.45) is 0 Å². The topological polar surface area (TPSA) is 41.5 Å². The van der Waals surface area contributed by atoms with E-state index < -0.39 is 0 Å². The fourth-order valence-corrected chi connectivity index (χ4v) is 1.35. The van der Waals surface area contributed by atoms with E-state index in [1.54, 1.807) is 18.2 Å². The molecule has 1 rings (SSSR count). The number of para-hydroxylation sites is 1. The van der Waals surface area contributed by atoms with Gasteiger partial charge in [-0.25, -0.2) is 0 Å². The molecule has 0 aliphatic heterocycles. The Kier molecular flexibility index (Phi) is 4.61. The Morgan fingerprint density at radius 1 is 1.44 bits per heavy atom. The largest absolute Gasteiger partial charge is 0.490 e. The Morgan fingerprint density at radius 2 is 2.12 bits per heavy atom. The molecule has 0 radical (unpaired) electrons. The van der Waals surface area contributed by atoms with E-state index >= 15 is 0 Å². The van der Waals surface area contributed by atoms with Crippen LogP contribution in [-0.4, -0.2) is 11.3 Å². The van der Waals surface area contributed by atoms with Gasteiger partial charge in [-0.1, -0.05) is 24.8 Å². The molecule has 86 valence electrons. The highest BCUT2D eigenvalue weighted by Gasteiger charge is 2.08. The summed E-state index contributed by atoms with van der Waals surface area (Å²) >= 11 is 0. The monoisotopic (exact) mass is 219 g/mol. The highest BCUT2D eigenvalue weighted by molar-refractivity contribution is 5.72. The van der Waals surface area contributed by atoms with Crippen LogP contribution in [0.2, 0.25) is 0 Å². The van der Waals surface area contributed by atoms with Gasteiger partial charge in [-0.05, 0) is 32.1 Å². The molecule has 3 heteroatoms. The Bertz CT molecular complexity index is 383. The quantitative estimate of drug-likeness (QED) is 0.453. The van der Waals surface area contributed by atoms with Crippen LogP contribution in [0.3, 0.4) is 0 Å². The van der Waals surface area contributed by atoms with E-state index in [0.717, 1.165) is 5.56 Å². The van der Waals surface area contributed by atoms with Crippen molar-refractivity contribution >= 4 is 11.4 Å². The van der Waals surface area contributed by atoms with Gasteiger partial charge in [0.05, 0.1) is 11.8 Å². The molecule has 0 fully saturated rings. The summed E-state index contributed by atoms with van der Waals surface area (Å²) < 4.78 is 5.66. The van der Waals surface area contributed by atoms with Crippen molar-refractivity contribution in [1.82, 2.24) is 0 Å². The zero-order chi connectivity index (χ0) is 12.0. The average Bonchev–Trinajstić information content (AvgIpc) is 2.28. The summed E-state index contributed by atoms with van der Waals surface area (Å²) in [6.45, 7) is 7.55. The lowest BCUT2D eigenvalue weighted by Gasteiger charge is -2.16. The first-order valence-corrected chi connectivity index (χ1v) is 5.18. The molecule has 16 heavy (non-hydrogen) atoms. The second-order valence-electron chi connectivity index (χ2n) is 3.59. The number of hydrogen-bond donors (Lipinski definition) is 2. The van der Waals surface area contributed by atoms with Crippen LogP contribution in [0.25, 0.3) is 5.76 Å². The van der Waals surface area contributed by atoms with Crippen molar-refractivity contribution in [3.8, 4) is 0 Å². The summed E-state index contributed by atoms with van der Waals surface area (Å²) in [6.07, 6.45) is 3.50. The normalized spacial score (nSPS) is 11.4. The van der Waals surface area contributed by atoms with E-state index in [4.69, 9.17) is 9.94 Å². The van der Waals surface area contributed by atoms with E-state index in [-0.39, 0.29) is 6.10 Å². The van der Waals surface area contributed by atoms with Gasteiger partial charge in [0.2, 0.25) is 0 Å². The van der Waals surface area contributed by atoms with Crippen LogP contribution in [0, 0.1) is 0 Å². The molecule has 0 unspecified atom stereocenters. The SMILES string of the molecule is C=C/C=C(\OC(C)C)c1ccccc1NO. The lowest BCUT2D eigenvalue weighted by molar-refractivity contribution is 0.204. The van der Waals surface area contributed by atoms with Crippen molar-refractivity contribution in [3.05, 3.63) is 48.6 Å². The van der Waals surface area contributed by atoms with Crippen LogP contribution in [0.4, 0.5) is 5.69 Å². The molecule has 0 bridgehead atoms. The summed E-state index contributed by atoms with van der Waals surface area (Å²) in [4.78, 5) is 0. The Morgan fingerprint density at radius 3 is 2.69 bits per heavy atom. The van der Waals surface area contributed by atoms with E-state index in [1.807, 2.05) is 32.0 Å². The van der Waals surface area contributed by atoms with Gasteiger partial charge in [-0.2, -0.15) is 0 Å². The predicted octanol–water partition coefficient (Wildman–Crippen LogP) is 3.44. The van der Waals surface area contributed by atoms with Crippen LogP contribution < -0.4 is 5.48 Å². The second-order valence-corrected chi connectivity index (χ2v) is 3.59. The molecule has 0 heterocycles. The highest BCUT2D eigenvalue weighted by atomic mass is 16.5. The average molecular weight is 219 g/mol. The van der Waals surface area contributed by atoms with Crippen LogP contribution in [-0.2, 0) is 4.74 Å². The number of ether oxygens (including phenoxy) is 1. The van der Waals surface area contributed by atoms with Crippen molar-refractivity contribution in [3.63, 3.8) is 0 Å². The molecule has 0 saturated heterocycles. The number of benzene rings is 1. The van der Waals surface area contributed by atoms with Crippen molar-refractivity contribution in [2.45, 2.75) is 20.0 Å². The van der Waals surface area contributed by atoms with Gasteiger partial charge < -0.3 is 4.74 Å². The summed E-state index contributed by atoms with van der Waals surface area (Å²) in [5.41, 5.74) is 3.56. The van der Waals surface area contributed by atoms with E-state index in [9.17, 15) is 0 Å². The summed E-state index contributed by atoms with van der Waals surface area (Å²) in [7, 11) is 0. The van der Waals surface area contributed by atoms with Gasteiger partial charge >= 0.3 is 0 Å². The van der Waals surface area contributed by atoms with E-state index in [2.05, 4.69) is 12.1 Å². The number of rotatable bonds is 5. The molecular weight excluding hydrogens is 202 g/mol. The lowest BCUT2D eigenvalue weighted by Crippen LogP contribution is -2.04. The molecule has 0 saturated carbocycles. The van der Waals surface area contributed by atoms with Crippen molar-refractivity contribution < 1.29 is 9.94 Å². The van der Waals surface area contributed by atoms with Gasteiger partial charge in [-0.15, -0.1) is 0 Å². The van der Waals surface area contributed by atoms with Crippen LogP contribution in [0.5, 0.6) is 0 Å². The minimum absolute atomic E-state index is 0.0675. The number of hydrogen-bond acceptors (Lipinski definition) is 3. The number of anilines is 1. The summed E-state index contributed by atoms with van der Waals surface area (Å²) in [5, 5.41) is 9.01. The Balaban J connectivity index is 3.10. The fourth-order valence-electron chi connectivity index (χ4n) is 1.35. The van der Waals surface area contributed by atoms with Crippen LogP contribution in [0.15, 0.2) is 43.0 Å².